The van der Waals surface area contributed by atoms with Crippen molar-refractivity contribution in [3.63, 3.8) is 0 Å². The van der Waals surface area contributed by atoms with Gasteiger partial charge in [0.05, 0.1) is 6.04 Å². The molecule has 5 nitrogen and oxygen atoms in total. The second-order valence-electron chi connectivity index (χ2n) is 6.58. The average Bonchev–Trinajstić information content (AvgIpc) is 3.00. The van der Waals surface area contributed by atoms with E-state index in [0.717, 1.165) is 12.2 Å². The topological polar surface area (TPSA) is 60.2 Å². The van der Waals surface area contributed by atoms with E-state index in [9.17, 15) is 5.11 Å². The lowest BCUT2D eigenvalue weighted by Gasteiger charge is -2.45. The Labute approximate surface area is 132 Å². The first-order valence-electron chi connectivity index (χ1n) is 7.63. The number of para-hydroxylation sites is 1. The van der Waals surface area contributed by atoms with Crippen molar-refractivity contribution < 1.29 is 9.84 Å². The third-order valence-corrected chi connectivity index (χ3v) is 4.19. The van der Waals surface area contributed by atoms with Crippen molar-refractivity contribution in [3.8, 4) is 5.75 Å². The number of benzene rings is 1. The smallest absolute Gasteiger partial charge is 0.137 e. The van der Waals surface area contributed by atoms with Gasteiger partial charge in [-0.15, -0.1) is 0 Å². The molecule has 0 amide bonds. The molecule has 1 aromatic carbocycles. The van der Waals surface area contributed by atoms with Gasteiger partial charge in [0.2, 0.25) is 0 Å². The third kappa shape index (κ3) is 3.30. The standard InChI is InChI=1S/C17H25N3O2/c1-5-15(20-13-18-12-19-20)17(21,16(2,3)4)11-22-14-9-7-6-8-10-14/h6-10,12-13,15,21H,5,11H2,1-4H3. The second kappa shape index (κ2) is 6.48. The van der Waals surface area contributed by atoms with E-state index in [1.165, 1.54) is 6.33 Å². The van der Waals surface area contributed by atoms with E-state index in [0.29, 0.717) is 0 Å². The van der Waals surface area contributed by atoms with Crippen molar-refractivity contribution in [1.29, 1.82) is 0 Å². The van der Waals surface area contributed by atoms with E-state index < -0.39 is 5.60 Å². The Kier molecular flexibility index (Phi) is 4.86. The van der Waals surface area contributed by atoms with Crippen LogP contribution in [0.1, 0.15) is 40.2 Å². The van der Waals surface area contributed by atoms with Crippen LogP contribution in [0.4, 0.5) is 0 Å². The molecule has 1 aromatic heterocycles. The monoisotopic (exact) mass is 303 g/mol. The molecule has 2 rings (SSSR count). The minimum atomic E-state index is -1.08. The van der Waals surface area contributed by atoms with E-state index in [1.54, 1.807) is 11.0 Å². The van der Waals surface area contributed by atoms with Crippen LogP contribution in [0.2, 0.25) is 0 Å². The SMILES string of the molecule is CCC(n1cncn1)C(O)(COc1ccccc1)C(C)(C)C. The van der Waals surface area contributed by atoms with Gasteiger partial charge < -0.3 is 9.84 Å². The maximum Gasteiger partial charge on any atom is 0.137 e. The van der Waals surface area contributed by atoms with E-state index in [-0.39, 0.29) is 18.1 Å². The van der Waals surface area contributed by atoms with Crippen molar-refractivity contribution >= 4 is 0 Å². The molecule has 0 aliphatic heterocycles. The number of nitrogens with zero attached hydrogens (tertiary/aromatic N) is 3. The van der Waals surface area contributed by atoms with E-state index in [1.807, 2.05) is 58.0 Å². The summed E-state index contributed by atoms with van der Waals surface area (Å²) in [7, 11) is 0. The van der Waals surface area contributed by atoms with E-state index >= 15 is 0 Å². The van der Waals surface area contributed by atoms with E-state index in [2.05, 4.69) is 10.1 Å². The van der Waals surface area contributed by atoms with Gasteiger partial charge in [0.25, 0.3) is 0 Å². The summed E-state index contributed by atoms with van der Waals surface area (Å²) < 4.78 is 7.59. The average molecular weight is 303 g/mol. The number of aliphatic hydroxyl groups is 1. The summed E-state index contributed by atoms with van der Waals surface area (Å²) in [5.41, 5.74) is -1.46. The molecule has 2 unspecified atom stereocenters. The molecule has 0 radical (unpaired) electrons. The van der Waals surface area contributed by atoms with Crippen molar-refractivity contribution in [2.75, 3.05) is 6.61 Å². The molecule has 1 N–H and O–H groups in total. The lowest BCUT2D eigenvalue weighted by Crippen LogP contribution is -2.54. The van der Waals surface area contributed by atoms with Crippen molar-refractivity contribution in [2.24, 2.45) is 5.41 Å². The van der Waals surface area contributed by atoms with Gasteiger partial charge in [0.15, 0.2) is 0 Å². The van der Waals surface area contributed by atoms with Crippen molar-refractivity contribution in [2.45, 2.75) is 45.8 Å². The molecule has 0 fully saturated rings. The molecule has 0 spiro atoms. The zero-order valence-electron chi connectivity index (χ0n) is 13.7. The fraction of sp³-hybridized carbons (Fsp3) is 0.529. The predicted molar refractivity (Wildman–Crippen MR) is 85.7 cm³/mol. The molecule has 5 heteroatoms. The molecule has 0 aliphatic carbocycles. The number of ether oxygens (including phenoxy) is 1. The van der Waals surface area contributed by atoms with Gasteiger partial charge in [-0.3, -0.25) is 0 Å². The first kappa shape index (κ1) is 16.5. The van der Waals surface area contributed by atoms with Gasteiger partial charge in [0, 0.05) is 0 Å². The molecule has 0 saturated carbocycles. The quantitative estimate of drug-likeness (QED) is 0.891. The fourth-order valence-corrected chi connectivity index (χ4v) is 2.64. The van der Waals surface area contributed by atoms with Crippen LogP contribution in [0.5, 0.6) is 5.75 Å². The number of hydrogen-bond donors (Lipinski definition) is 1. The number of aromatic nitrogens is 3. The maximum absolute atomic E-state index is 11.4. The van der Waals surface area contributed by atoms with Crippen LogP contribution in [-0.2, 0) is 0 Å². The molecule has 2 aromatic rings. The summed E-state index contributed by atoms with van der Waals surface area (Å²) in [6.07, 6.45) is 3.87. The fourth-order valence-electron chi connectivity index (χ4n) is 2.64. The molecular formula is C17H25N3O2. The molecule has 120 valence electrons. The molecule has 0 aliphatic rings. The van der Waals surface area contributed by atoms with Crippen LogP contribution in [-0.4, -0.2) is 32.1 Å². The Hall–Kier alpha value is -1.88. The molecular weight excluding hydrogens is 278 g/mol. The largest absolute Gasteiger partial charge is 0.490 e. The number of rotatable bonds is 6. The van der Waals surface area contributed by atoms with Gasteiger partial charge in [-0.05, 0) is 24.0 Å². The highest BCUT2D eigenvalue weighted by atomic mass is 16.5. The Morgan fingerprint density at radius 1 is 1.23 bits per heavy atom. The minimum absolute atomic E-state index is 0.193. The zero-order chi connectivity index (χ0) is 16.2. The molecule has 1 heterocycles. The first-order chi connectivity index (χ1) is 10.4. The van der Waals surface area contributed by atoms with Crippen LogP contribution < -0.4 is 4.74 Å². The molecule has 22 heavy (non-hydrogen) atoms. The molecule has 0 saturated heterocycles. The van der Waals surface area contributed by atoms with Crippen molar-refractivity contribution in [1.82, 2.24) is 14.8 Å². The molecule has 2 atom stereocenters. The maximum atomic E-state index is 11.4. The summed E-state index contributed by atoms with van der Waals surface area (Å²) >= 11 is 0. The summed E-state index contributed by atoms with van der Waals surface area (Å²) in [6.45, 7) is 8.27. The summed E-state index contributed by atoms with van der Waals surface area (Å²) in [5, 5.41) is 15.6. The highest BCUT2D eigenvalue weighted by Crippen LogP contribution is 2.40. The second-order valence-corrected chi connectivity index (χ2v) is 6.58. The predicted octanol–water partition coefficient (Wildman–Crippen LogP) is 3.09. The van der Waals surface area contributed by atoms with Gasteiger partial charge in [0.1, 0.15) is 30.6 Å². The minimum Gasteiger partial charge on any atom is -0.490 e. The summed E-state index contributed by atoms with van der Waals surface area (Å²) in [5.74, 6) is 0.749. The highest BCUT2D eigenvalue weighted by molar-refractivity contribution is 5.21. The van der Waals surface area contributed by atoms with Gasteiger partial charge in [-0.2, -0.15) is 5.10 Å². The Balaban J connectivity index is 2.27. The Morgan fingerprint density at radius 2 is 1.91 bits per heavy atom. The van der Waals surface area contributed by atoms with Crippen LogP contribution >= 0.6 is 0 Å². The Bertz CT molecular complexity index is 563. The highest BCUT2D eigenvalue weighted by Gasteiger charge is 2.48. The lowest BCUT2D eigenvalue weighted by molar-refractivity contribution is -0.127. The summed E-state index contributed by atoms with van der Waals surface area (Å²) in [6, 6.07) is 9.34. The van der Waals surface area contributed by atoms with Crippen LogP contribution in [0.3, 0.4) is 0 Å². The summed E-state index contributed by atoms with van der Waals surface area (Å²) in [4.78, 5) is 4.00. The first-order valence-corrected chi connectivity index (χ1v) is 7.63. The third-order valence-electron chi connectivity index (χ3n) is 4.19. The van der Waals surface area contributed by atoms with Gasteiger partial charge in [-0.25, -0.2) is 9.67 Å². The van der Waals surface area contributed by atoms with Gasteiger partial charge >= 0.3 is 0 Å². The van der Waals surface area contributed by atoms with Gasteiger partial charge in [-0.1, -0.05) is 45.9 Å². The molecule has 0 bridgehead atoms. The van der Waals surface area contributed by atoms with Crippen LogP contribution in [0.25, 0.3) is 0 Å². The van der Waals surface area contributed by atoms with E-state index in [4.69, 9.17) is 4.74 Å². The van der Waals surface area contributed by atoms with Crippen molar-refractivity contribution in [3.05, 3.63) is 43.0 Å². The van der Waals surface area contributed by atoms with Crippen LogP contribution in [0.15, 0.2) is 43.0 Å². The lowest BCUT2D eigenvalue weighted by atomic mass is 9.71. The zero-order valence-corrected chi connectivity index (χ0v) is 13.7. The van der Waals surface area contributed by atoms with Crippen LogP contribution in [0, 0.1) is 5.41 Å². The number of hydrogen-bond acceptors (Lipinski definition) is 4. The Morgan fingerprint density at radius 3 is 2.41 bits per heavy atom. The normalized spacial score (nSPS) is 16.0.